The van der Waals surface area contributed by atoms with Gasteiger partial charge in [0.05, 0.1) is 0 Å². The fourth-order valence-electron chi connectivity index (χ4n) is 1.71. The average Bonchev–Trinajstić information content (AvgIpc) is 3.15. The van der Waals surface area contributed by atoms with E-state index in [1.54, 1.807) is 12.4 Å². The molecule has 1 fully saturated rings. The topological polar surface area (TPSA) is 45.2 Å². The summed E-state index contributed by atoms with van der Waals surface area (Å²) in [7, 11) is 0. The van der Waals surface area contributed by atoms with Crippen LogP contribution in [0.15, 0.2) is 24.5 Å². The molecule has 0 aromatic carbocycles. The van der Waals surface area contributed by atoms with E-state index in [9.17, 15) is 4.79 Å². The molecule has 4 heteroatoms. The molecule has 0 unspecified atom stereocenters. The van der Waals surface area contributed by atoms with E-state index in [0.717, 1.165) is 32.4 Å². The Morgan fingerprint density at radius 2 is 2.18 bits per heavy atom. The van der Waals surface area contributed by atoms with Crippen molar-refractivity contribution in [2.24, 2.45) is 0 Å². The van der Waals surface area contributed by atoms with Crippen LogP contribution in [-0.2, 0) is 6.42 Å². The number of aromatic nitrogens is 1. The number of urea groups is 1. The van der Waals surface area contributed by atoms with Crippen LogP contribution < -0.4 is 5.32 Å². The largest absolute Gasteiger partial charge is 0.335 e. The second-order valence-corrected chi connectivity index (χ2v) is 4.41. The van der Waals surface area contributed by atoms with E-state index in [-0.39, 0.29) is 6.03 Å². The number of hydrogen-bond donors (Lipinski definition) is 1. The lowest BCUT2D eigenvalue weighted by Crippen LogP contribution is -2.41. The summed E-state index contributed by atoms with van der Waals surface area (Å²) < 4.78 is 0. The molecule has 1 aliphatic carbocycles. The Balaban J connectivity index is 1.80. The molecule has 1 heterocycles. The summed E-state index contributed by atoms with van der Waals surface area (Å²) in [6.45, 7) is 3.53. The van der Waals surface area contributed by atoms with Crippen LogP contribution in [0.2, 0.25) is 0 Å². The lowest BCUT2D eigenvalue weighted by molar-refractivity contribution is 0.200. The van der Waals surface area contributed by atoms with Gasteiger partial charge in [-0.3, -0.25) is 4.98 Å². The fraction of sp³-hybridized carbons (Fsp3) is 0.538. The number of rotatable bonds is 5. The minimum atomic E-state index is 0.0732. The van der Waals surface area contributed by atoms with Crippen LogP contribution in [0.3, 0.4) is 0 Å². The van der Waals surface area contributed by atoms with E-state index in [1.807, 2.05) is 24.0 Å². The summed E-state index contributed by atoms with van der Waals surface area (Å²) in [6.07, 6.45) is 6.72. The van der Waals surface area contributed by atoms with Gasteiger partial charge in [-0.2, -0.15) is 0 Å². The highest BCUT2D eigenvalue weighted by Crippen LogP contribution is 2.18. The van der Waals surface area contributed by atoms with Crippen LogP contribution in [-0.4, -0.2) is 35.0 Å². The summed E-state index contributed by atoms with van der Waals surface area (Å²) in [6, 6.07) is 4.49. The van der Waals surface area contributed by atoms with Gasteiger partial charge < -0.3 is 10.2 Å². The normalized spacial score (nSPS) is 14.4. The third kappa shape index (κ3) is 3.73. The Hall–Kier alpha value is -1.58. The van der Waals surface area contributed by atoms with Gasteiger partial charge in [0, 0.05) is 31.5 Å². The first-order valence-corrected chi connectivity index (χ1v) is 6.24. The molecule has 17 heavy (non-hydrogen) atoms. The molecule has 4 nitrogen and oxygen atoms in total. The zero-order chi connectivity index (χ0) is 12.1. The van der Waals surface area contributed by atoms with Crippen molar-refractivity contribution in [2.75, 3.05) is 13.1 Å². The van der Waals surface area contributed by atoms with Crippen molar-refractivity contribution in [2.45, 2.75) is 32.2 Å². The highest BCUT2D eigenvalue weighted by atomic mass is 16.2. The number of likely N-dealkylation sites (N-methyl/N-ethyl adjacent to an activating group) is 1. The maximum absolute atomic E-state index is 11.8. The van der Waals surface area contributed by atoms with Gasteiger partial charge in [-0.15, -0.1) is 0 Å². The van der Waals surface area contributed by atoms with Crippen LogP contribution in [0.5, 0.6) is 0 Å². The van der Waals surface area contributed by atoms with Crippen molar-refractivity contribution in [3.63, 3.8) is 0 Å². The molecule has 0 saturated heterocycles. The van der Waals surface area contributed by atoms with Crippen LogP contribution in [0.25, 0.3) is 0 Å². The first-order valence-electron chi connectivity index (χ1n) is 6.24. The van der Waals surface area contributed by atoms with Gasteiger partial charge >= 0.3 is 6.03 Å². The van der Waals surface area contributed by atoms with Gasteiger partial charge in [0.1, 0.15) is 0 Å². The smallest absolute Gasteiger partial charge is 0.317 e. The number of hydrogen-bond acceptors (Lipinski definition) is 2. The van der Waals surface area contributed by atoms with Crippen molar-refractivity contribution in [3.8, 4) is 0 Å². The Bertz CT molecular complexity index is 362. The van der Waals surface area contributed by atoms with E-state index >= 15 is 0 Å². The molecule has 1 aromatic heterocycles. The van der Waals surface area contributed by atoms with Crippen molar-refractivity contribution >= 4 is 6.03 Å². The van der Waals surface area contributed by atoms with Gasteiger partial charge in [-0.05, 0) is 43.9 Å². The first kappa shape index (κ1) is 11.9. The molecule has 0 radical (unpaired) electrons. The van der Waals surface area contributed by atoms with Crippen LogP contribution in [0, 0.1) is 0 Å². The quantitative estimate of drug-likeness (QED) is 0.843. The van der Waals surface area contributed by atoms with E-state index in [4.69, 9.17) is 0 Å². The van der Waals surface area contributed by atoms with Crippen molar-refractivity contribution in [3.05, 3.63) is 30.1 Å². The summed E-state index contributed by atoms with van der Waals surface area (Å²) in [4.78, 5) is 17.7. The summed E-state index contributed by atoms with van der Waals surface area (Å²) >= 11 is 0. The number of nitrogens with zero attached hydrogens (tertiary/aromatic N) is 2. The lowest BCUT2D eigenvalue weighted by Gasteiger charge is -2.21. The van der Waals surface area contributed by atoms with E-state index in [2.05, 4.69) is 10.3 Å². The molecule has 0 atom stereocenters. The summed E-state index contributed by atoms with van der Waals surface area (Å²) in [5, 5.41) is 3.02. The number of carbonyl (C=O) groups excluding carboxylic acids is 1. The first-order chi connectivity index (χ1) is 8.29. The molecule has 1 aliphatic rings. The molecule has 92 valence electrons. The SMILES string of the molecule is CCN(CCc1ccncc1)C(=O)NC1CC1. The molecule has 0 bridgehead atoms. The molecule has 0 spiro atoms. The molecule has 1 N–H and O–H groups in total. The Morgan fingerprint density at radius 3 is 2.76 bits per heavy atom. The molecule has 1 saturated carbocycles. The zero-order valence-corrected chi connectivity index (χ0v) is 10.2. The van der Waals surface area contributed by atoms with Crippen LogP contribution in [0.1, 0.15) is 25.3 Å². The summed E-state index contributed by atoms with van der Waals surface area (Å²) in [5.74, 6) is 0. The monoisotopic (exact) mass is 233 g/mol. The van der Waals surface area contributed by atoms with Crippen molar-refractivity contribution < 1.29 is 4.79 Å². The highest BCUT2D eigenvalue weighted by Gasteiger charge is 2.25. The predicted octanol–water partition coefficient (Wildman–Crippen LogP) is 1.82. The van der Waals surface area contributed by atoms with E-state index in [1.165, 1.54) is 5.56 Å². The van der Waals surface area contributed by atoms with Gasteiger partial charge in [0.2, 0.25) is 0 Å². The van der Waals surface area contributed by atoms with Gasteiger partial charge in [-0.1, -0.05) is 0 Å². The van der Waals surface area contributed by atoms with Gasteiger partial charge in [-0.25, -0.2) is 4.79 Å². The van der Waals surface area contributed by atoms with Gasteiger partial charge in [0.15, 0.2) is 0 Å². The molecule has 0 aliphatic heterocycles. The third-order valence-electron chi connectivity index (χ3n) is 2.99. The lowest BCUT2D eigenvalue weighted by atomic mass is 10.2. The Kier molecular flexibility index (Phi) is 3.96. The zero-order valence-electron chi connectivity index (χ0n) is 10.2. The number of pyridine rings is 1. The maximum Gasteiger partial charge on any atom is 0.317 e. The number of carbonyl (C=O) groups is 1. The minimum absolute atomic E-state index is 0.0732. The predicted molar refractivity (Wildman–Crippen MR) is 66.7 cm³/mol. The van der Waals surface area contributed by atoms with Crippen LogP contribution in [0.4, 0.5) is 4.79 Å². The maximum atomic E-state index is 11.8. The Morgan fingerprint density at radius 1 is 1.47 bits per heavy atom. The molecule has 2 rings (SSSR count). The van der Waals surface area contributed by atoms with E-state index < -0.39 is 0 Å². The third-order valence-corrected chi connectivity index (χ3v) is 2.99. The second kappa shape index (κ2) is 5.66. The minimum Gasteiger partial charge on any atom is -0.335 e. The molecule has 2 amide bonds. The molecule has 1 aromatic rings. The number of amides is 2. The molecular weight excluding hydrogens is 214 g/mol. The van der Waals surface area contributed by atoms with Crippen molar-refractivity contribution in [1.82, 2.24) is 15.2 Å². The average molecular weight is 233 g/mol. The molecular formula is C13H19N3O. The van der Waals surface area contributed by atoms with E-state index in [0.29, 0.717) is 6.04 Å². The highest BCUT2D eigenvalue weighted by molar-refractivity contribution is 5.74. The summed E-state index contributed by atoms with van der Waals surface area (Å²) in [5.41, 5.74) is 1.22. The standard InChI is InChI=1S/C13H19N3O/c1-2-16(13(17)15-12-3-4-12)10-7-11-5-8-14-9-6-11/h5-6,8-9,12H,2-4,7,10H2,1H3,(H,15,17). The Labute approximate surface area is 102 Å². The number of nitrogens with one attached hydrogen (secondary N) is 1. The van der Waals surface area contributed by atoms with Crippen molar-refractivity contribution in [1.29, 1.82) is 0 Å². The van der Waals surface area contributed by atoms with Gasteiger partial charge in [0.25, 0.3) is 0 Å². The fourth-order valence-corrected chi connectivity index (χ4v) is 1.71. The van der Waals surface area contributed by atoms with Crippen LogP contribution >= 0.6 is 0 Å². The second-order valence-electron chi connectivity index (χ2n) is 4.41.